The van der Waals surface area contributed by atoms with E-state index in [-0.39, 0.29) is 6.61 Å². The quantitative estimate of drug-likeness (QED) is 0.533. The second-order valence-corrected chi connectivity index (χ2v) is 3.14. The van der Waals surface area contributed by atoms with Crippen LogP contribution in [0.3, 0.4) is 0 Å². The number of allylic oxidation sites excluding steroid dienone is 1. The third-order valence-electron chi connectivity index (χ3n) is 2.11. The summed E-state index contributed by atoms with van der Waals surface area (Å²) in [5, 5.41) is 18.3. The Hall–Kier alpha value is -0.340. The fourth-order valence-corrected chi connectivity index (χ4v) is 1.14. The second kappa shape index (κ2) is 2.72. The van der Waals surface area contributed by atoms with E-state index in [0.717, 1.165) is 6.42 Å². The van der Waals surface area contributed by atoms with Gasteiger partial charge in [-0.25, -0.2) is 0 Å². The van der Waals surface area contributed by atoms with Crippen LogP contribution in [-0.2, 0) is 0 Å². The van der Waals surface area contributed by atoms with E-state index in [1.807, 2.05) is 6.08 Å². The smallest absolute Gasteiger partial charge is 0.0914 e. The van der Waals surface area contributed by atoms with E-state index in [2.05, 4.69) is 6.92 Å². The van der Waals surface area contributed by atoms with Gasteiger partial charge >= 0.3 is 0 Å². The van der Waals surface area contributed by atoms with Gasteiger partial charge in [0.05, 0.1) is 12.2 Å². The number of rotatable bonds is 1. The molecule has 0 bridgehead atoms. The maximum absolute atomic E-state index is 9.50. The van der Waals surface area contributed by atoms with Crippen molar-refractivity contribution >= 4 is 0 Å². The van der Waals surface area contributed by atoms with E-state index >= 15 is 0 Å². The highest BCUT2D eigenvalue weighted by molar-refractivity contribution is 5.07. The topological polar surface area (TPSA) is 40.5 Å². The van der Waals surface area contributed by atoms with Gasteiger partial charge in [0.25, 0.3) is 0 Å². The van der Waals surface area contributed by atoms with Crippen molar-refractivity contribution in [2.75, 3.05) is 6.61 Å². The molecule has 1 rings (SSSR count). The van der Waals surface area contributed by atoms with Crippen LogP contribution in [0.15, 0.2) is 11.6 Å². The summed E-state index contributed by atoms with van der Waals surface area (Å²) in [5.74, 6) is 0. The SMILES string of the molecule is CC1=CC[C@](O)(CO)CC1. The fraction of sp³-hybridized carbons (Fsp3) is 0.750. The van der Waals surface area contributed by atoms with Gasteiger partial charge < -0.3 is 10.2 Å². The molecule has 0 heterocycles. The number of hydrogen-bond donors (Lipinski definition) is 2. The van der Waals surface area contributed by atoms with Crippen LogP contribution in [0.1, 0.15) is 26.2 Å². The molecule has 2 heteroatoms. The molecule has 0 aliphatic heterocycles. The van der Waals surface area contributed by atoms with Crippen molar-refractivity contribution in [2.24, 2.45) is 0 Å². The van der Waals surface area contributed by atoms with Crippen LogP contribution in [0.2, 0.25) is 0 Å². The summed E-state index contributed by atoms with van der Waals surface area (Å²) in [7, 11) is 0. The van der Waals surface area contributed by atoms with Crippen LogP contribution in [0.4, 0.5) is 0 Å². The largest absolute Gasteiger partial charge is 0.393 e. The number of hydrogen-bond acceptors (Lipinski definition) is 2. The van der Waals surface area contributed by atoms with E-state index in [4.69, 9.17) is 5.11 Å². The van der Waals surface area contributed by atoms with Crippen molar-refractivity contribution in [2.45, 2.75) is 31.8 Å². The summed E-state index contributed by atoms with van der Waals surface area (Å²) < 4.78 is 0. The summed E-state index contributed by atoms with van der Waals surface area (Å²) in [4.78, 5) is 0. The molecule has 0 saturated heterocycles. The number of aliphatic hydroxyl groups excluding tert-OH is 1. The third kappa shape index (κ3) is 1.58. The molecule has 0 aromatic rings. The Morgan fingerprint density at radius 3 is 2.80 bits per heavy atom. The predicted molar refractivity (Wildman–Crippen MR) is 39.6 cm³/mol. The van der Waals surface area contributed by atoms with Gasteiger partial charge in [0.15, 0.2) is 0 Å². The second-order valence-electron chi connectivity index (χ2n) is 3.14. The van der Waals surface area contributed by atoms with Crippen LogP contribution < -0.4 is 0 Å². The van der Waals surface area contributed by atoms with Crippen molar-refractivity contribution in [3.63, 3.8) is 0 Å². The molecule has 1 atom stereocenters. The highest BCUT2D eigenvalue weighted by Crippen LogP contribution is 2.26. The molecule has 1 aliphatic rings. The minimum atomic E-state index is -0.820. The van der Waals surface area contributed by atoms with Gasteiger partial charge in [0, 0.05) is 0 Å². The van der Waals surface area contributed by atoms with Crippen molar-refractivity contribution in [3.05, 3.63) is 11.6 Å². The minimum Gasteiger partial charge on any atom is -0.393 e. The lowest BCUT2D eigenvalue weighted by molar-refractivity contribution is -0.0219. The summed E-state index contributed by atoms with van der Waals surface area (Å²) >= 11 is 0. The van der Waals surface area contributed by atoms with Gasteiger partial charge in [-0.15, -0.1) is 0 Å². The van der Waals surface area contributed by atoms with Gasteiger partial charge in [-0.3, -0.25) is 0 Å². The van der Waals surface area contributed by atoms with Crippen molar-refractivity contribution in [3.8, 4) is 0 Å². The Morgan fingerprint density at radius 2 is 2.40 bits per heavy atom. The first-order chi connectivity index (χ1) is 4.66. The van der Waals surface area contributed by atoms with Crippen LogP contribution in [0.25, 0.3) is 0 Å². The Balaban J connectivity index is 2.56. The molecule has 0 spiro atoms. The molecule has 0 amide bonds. The Morgan fingerprint density at radius 1 is 1.70 bits per heavy atom. The maximum Gasteiger partial charge on any atom is 0.0914 e. The minimum absolute atomic E-state index is 0.114. The van der Waals surface area contributed by atoms with Crippen molar-refractivity contribution < 1.29 is 10.2 Å². The maximum atomic E-state index is 9.50. The molecule has 1 aliphatic carbocycles. The molecule has 0 saturated carbocycles. The average Bonchev–Trinajstić information content (AvgIpc) is 1.96. The number of aliphatic hydroxyl groups is 2. The molecule has 2 nitrogen and oxygen atoms in total. The molecule has 0 aromatic heterocycles. The molecule has 10 heavy (non-hydrogen) atoms. The van der Waals surface area contributed by atoms with Gasteiger partial charge in [0.1, 0.15) is 0 Å². The molecule has 0 aromatic carbocycles. The lowest BCUT2D eigenvalue weighted by Gasteiger charge is -2.28. The summed E-state index contributed by atoms with van der Waals surface area (Å²) in [6.07, 6.45) is 4.22. The van der Waals surface area contributed by atoms with Crippen LogP contribution >= 0.6 is 0 Å². The van der Waals surface area contributed by atoms with E-state index in [1.54, 1.807) is 0 Å². The van der Waals surface area contributed by atoms with E-state index in [9.17, 15) is 5.11 Å². The monoisotopic (exact) mass is 142 g/mol. The lowest BCUT2D eigenvalue weighted by atomic mass is 9.87. The van der Waals surface area contributed by atoms with Gasteiger partial charge in [-0.2, -0.15) is 0 Å². The normalized spacial score (nSPS) is 33.7. The summed E-state index contributed by atoms with van der Waals surface area (Å²) in [6.45, 7) is 1.94. The van der Waals surface area contributed by atoms with Crippen molar-refractivity contribution in [1.82, 2.24) is 0 Å². The van der Waals surface area contributed by atoms with E-state index in [0.29, 0.717) is 12.8 Å². The van der Waals surface area contributed by atoms with Gasteiger partial charge in [-0.05, 0) is 26.2 Å². The summed E-state index contributed by atoms with van der Waals surface area (Å²) in [5.41, 5.74) is 0.498. The average molecular weight is 142 g/mol. The Bertz CT molecular complexity index is 151. The first kappa shape index (κ1) is 7.76. The highest BCUT2D eigenvalue weighted by atomic mass is 16.3. The third-order valence-corrected chi connectivity index (χ3v) is 2.11. The standard InChI is InChI=1S/C8H14O2/c1-7-2-4-8(10,6-9)5-3-7/h2,9-10H,3-6H2,1H3/t8-/m1/s1. The van der Waals surface area contributed by atoms with Crippen LogP contribution in [0, 0.1) is 0 Å². The van der Waals surface area contributed by atoms with Gasteiger partial charge in [0.2, 0.25) is 0 Å². The highest BCUT2D eigenvalue weighted by Gasteiger charge is 2.26. The lowest BCUT2D eigenvalue weighted by Crippen LogP contribution is -2.34. The summed E-state index contributed by atoms with van der Waals surface area (Å²) in [6, 6.07) is 0. The Labute approximate surface area is 61.2 Å². The fourth-order valence-electron chi connectivity index (χ4n) is 1.14. The molecule has 0 radical (unpaired) electrons. The Kier molecular flexibility index (Phi) is 2.11. The van der Waals surface area contributed by atoms with E-state index in [1.165, 1.54) is 5.57 Å². The molecule has 58 valence electrons. The zero-order valence-electron chi connectivity index (χ0n) is 6.30. The van der Waals surface area contributed by atoms with Gasteiger partial charge in [-0.1, -0.05) is 11.6 Å². The molecular weight excluding hydrogens is 128 g/mol. The molecular formula is C8H14O2. The van der Waals surface area contributed by atoms with E-state index < -0.39 is 5.60 Å². The van der Waals surface area contributed by atoms with Crippen molar-refractivity contribution in [1.29, 1.82) is 0 Å². The molecule has 0 fully saturated rings. The van der Waals surface area contributed by atoms with Crippen LogP contribution in [-0.4, -0.2) is 22.4 Å². The zero-order chi connectivity index (χ0) is 7.61. The molecule has 2 N–H and O–H groups in total. The predicted octanol–water partition coefficient (Wildman–Crippen LogP) is 0.840. The van der Waals surface area contributed by atoms with Crippen LogP contribution in [0.5, 0.6) is 0 Å². The molecule has 0 unspecified atom stereocenters. The first-order valence-electron chi connectivity index (χ1n) is 3.65. The first-order valence-corrected chi connectivity index (χ1v) is 3.65. The zero-order valence-corrected chi connectivity index (χ0v) is 6.30.